The van der Waals surface area contributed by atoms with Crippen LogP contribution in [0.1, 0.15) is 44.4 Å². The van der Waals surface area contributed by atoms with Crippen molar-refractivity contribution in [2.75, 3.05) is 6.61 Å². The van der Waals surface area contributed by atoms with Gasteiger partial charge in [-0.15, -0.1) is 0 Å². The van der Waals surface area contributed by atoms with Crippen LogP contribution in [0.5, 0.6) is 5.75 Å². The molecule has 0 bridgehead atoms. The van der Waals surface area contributed by atoms with Gasteiger partial charge in [-0.1, -0.05) is 32.0 Å². The Morgan fingerprint density at radius 3 is 2.78 bits per heavy atom. The SMILES string of the molecule is CCC(C)c1ccccc1OCC(=O)N/N=C(\C)c1ccco1. The molecule has 1 N–H and O–H groups in total. The number of hydrazone groups is 1. The lowest BCUT2D eigenvalue weighted by Gasteiger charge is -2.15. The van der Waals surface area contributed by atoms with Gasteiger partial charge in [-0.2, -0.15) is 5.10 Å². The Kier molecular flexibility index (Phi) is 5.97. The highest BCUT2D eigenvalue weighted by Crippen LogP contribution is 2.28. The van der Waals surface area contributed by atoms with Crippen molar-refractivity contribution in [2.24, 2.45) is 5.10 Å². The van der Waals surface area contributed by atoms with Gasteiger partial charge >= 0.3 is 0 Å². The molecule has 0 fully saturated rings. The highest BCUT2D eigenvalue weighted by molar-refractivity contribution is 5.96. The summed E-state index contributed by atoms with van der Waals surface area (Å²) in [7, 11) is 0. The highest BCUT2D eigenvalue weighted by Gasteiger charge is 2.11. The topological polar surface area (TPSA) is 63.8 Å². The number of para-hydroxylation sites is 1. The number of carbonyl (C=O) groups excluding carboxylic acids is 1. The van der Waals surface area contributed by atoms with E-state index in [2.05, 4.69) is 24.4 Å². The maximum absolute atomic E-state index is 11.9. The van der Waals surface area contributed by atoms with Gasteiger partial charge in [0.05, 0.1) is 6.26 Å². The molecule has 1 aromatic carbocycles. The molecule has 1 amide bonds. The Labute approximate surface area is 136 Å². The van der Waals surface area contributed by atoms with Crippen LogP contribution in [0.4, 0.5) is 0 Å². The second-order valence-electron chi connectivity index (χ2n) is 5.35. The lowest BCUT2D eigenvalue weighted by Crippen LogP contribution is -2.25. The van der Waals surface area contributed by atoms with E-state index in [-0.39, 0.29) is 12.5 Å². The van der Waals surface area contributed by atoms with Crippen molar-refractivity contribution >= 4 is 11.6 Å². The van der Waals surface area contributed by atoms with Gasteiger partial charge in [0.15, 0.2) is 6.61 Å². The predicted octanol–water partition coefficient (Wildman–Crippen LogP) is 3.71. The molecule has 1 unspecified atom stereocenters. The first kappa shape index (κ1) is 16.8. The lowest BCUT2D eigenvalue weighted by molar-refractivity contribution is -0.123. The van der Waals surface area contributed by atoms with Crippen LogP contribution in [0.2, 0.25) is 0 Å². The Morgan fingerprint density at radius 1 is 1.30 bits per heavy atom. The van der Waals surface area contributed by atoms with Gasteiger partial charge in [-0.3, -0.25) is 4.79 Å². The van der Waals surface area contributed by atoms with Crippen molar-refractivity contribution < 1.29 is 13.9 Å². The summed E-state index contributed by atoms with van der Waals surface area (Å²) in [4.78, 5) is 11.9. The molecule has 1 heterocycles. The van der Waals surface area contributed by atoms with E-state index in [1.165, 1.54) is 0 Å². The number of amides is 1. The minimum Gasteiger partial charge on any atom is -0.483 e. The number of benzene rings is 1. The van der Waals surface area contributed by atoms with Crippen LogP contribution in [0.25, 0.3) is 0 Å². The predicted molar refractivity (Wildman–Crippen MR) is 89.7 cm³/mol. The fourth-order valence-corrected chi connectivity index (χ4v) is 2.10. The number of furan rings is 1. The summed E-state index contributed by atoms with van der Waals surface area (Å²) < 4.78 is 10.8. The van der Waals surface area contributed by atoms with Gasteiger partial charge in [0.25, 0.3) is 5.91 Å². The minimum absolute atomic E-state index is 0.0810. The van der Waals surface area contributed by atoms with Crippen molar-refractivity contribution in [1.82, 2.24) is 5.43 Å². The van der Waals surface area contributed by atoms with Crippen molar-refractivity contribution in [1.29, 1.82) is 0 Å². The van der Waals surface area contributed by atoms with Gasteiger partial charge in [-0.25, -0.2) is 5.43 Å². The quantitative estimate of drug-likeness (QED) is 0.626. The largest absolute Gasteiger partial charge is 0.483 e. The first-order chi connectivity index (χ1) is 11.1. The Balaban J connectivity index is 1.91. The van der Waals surface area contributed by atoms with E-state index >= 15 is 0 Å². The molecule has 2 rings (SSSR count). The molecule has 2 aromatic rings. The standard InChI is InChI=1S/C18H22N2O3/c1-4-13(2)15-8-5-6-9-17(15)23-12-18(21)20-19-14(3)16-10-7-11-22-16/h5-11,13H,4,12H2,1-3H3,(H,20,21)/b19-14+. The van der Waals surface area contributed by atoms with E-state index in [0.29, 0.717) is 17.4 Å². The molecule has 23 heavy (non-hydrogen) atoms. The highest BCUT2D eigenvalue weighted by atomic mass is 16.5. The summed E-state index contributed by atoms with van der Waals surface area (Å²) in [5.74, 6) is 1.43. The summed E-state index contributed by atoms with van der Waals surface area (Å²) in [5, 5.41) is 4.00. The van der Waals surface area contributed by atoms with Crippen LogP contribution in [-0.4, -0.2) is 18.2 Å². The molecular formula is C18H22N2O3. The average Bonchev–Trinajstić information content (AvgIpc) is 3.12. The molecule has 0 saturated carbocycles. The molecule has 0 saturated heterocycles. The zero-order valence-corrected chi connectivity index (χ0v) is 13.7. The number of carbonyl (C=O) groups is 1. The molecule has 1 atom stereocenters. The van der Waals surface area contributed by atoms with Gasteiger partial charge in [0, 0.05) is 0 Å². The summed E-state index contributed by atoms with van der Waals surface area (Å²) in [6, 6.07) is 11.3. The Bertz CT molecular complexity index is 663. The monoisotopic (exact) mass is 314 g/mol. The van der Waals surface area contributed by atoms with Crippen LogP contribution in [0.3, 0.4) is 0 Å². The zero-order chi connectivity index (χ0) is 16.7. The molecule has 5 heteroatoms. The molecule has 1 aromatic heterocycles. The number of nitrogens with zero attached hydrogens (tertiary/aromatic N) is 1. The second-order valence-corrected chi connectivity index (χ2v) is 5.35. The van der Waals surface area contributed by atoms with E-state index in [9.17, 15) is 4.79 Å². The molecule has 0 aliphatic carbocycles. The fourth-order valence-electron chi connectivity index (χ4n) is 2.10. The third-order valence-electron chi connectivity index (χ3n) is 3.65. The molecule has 0 spiro atoms. The van der Waals surface area contributed by atoms with Crippen LogP contribution in [0, 0.1) is 0 Å². The molecule has 122 valence electrons. The van der Waals surface area contributed by atoms with E-state index in [4.69, 9.17) is 9.15 Å². The Hall–Kier alpha value is -2.56. The fraction of sp³-hybridized carbons (Fsp3) is 0.333. The van der Waals surface area contributed by atoms with Crippen LogP contribution < -0.4 is 10.2 Å². The van der Waals surface area contributed by atoms with E-state index in [1.807, 2.05) is 24.3 Å². The number of ether oxygens (including phenoxy) is 1. The van der Waals surface area contributed by atoms with E-state index in [0.717, 1.165) is 17.7 Å². The summed E-state index contributed by atoms with van der Waals surface area (Å²) in [5.41, 5.74) is 4.18. The molecule has 0 aliphatic heterocycles. The minimum atomic E-state index is -0.310. The van der Waals surface area contributed by atoms with Gasteiger partial charge < -0.3 is 9.15 Å². The van der Waals surface area contributed by atoms with Crippen LogP contribution in [0.15, 0.2) is 52.2 Å². The number of hydrogen-bond donors (Lipinski definition) is 1. The molecule has 0 aliphatic rings. The maximum Gasteiger partial charge on any atom is 0.277 e. The lowest BCUT2D eigenvalue weighted by atomic mass is 9.98. The summed E-state index contributed by atoms with van der Waals surface area (Å²) in [6.07, 6.45) is 2.57. The third-order valence-corrected chi connectivity index (χ3v) is 3.65. The van der Waals surface area contributed by atoms with Crippen LogP contribution >= 0.6 is 0 Å². The molecular weight excluding hydrogens is 292 g/mol. The first-order valence-corrected chi connectivity index (χ1v) is 7.70. The zero-order valence-electron chi connectivity index (χ0n) is 13.7. The summed E-state index contributed by atoms with van der Waals surface area (Å²) >= 11 is 0. The number of nitrogens with one attached hydrogen (secondary N) is 1. The van der Waals surface area contributed by atoms with Crippen molar-refractivity contribution in [3.05, 3.63) is 54.0 Å². The number of hydrogen-bond acceptors (Lipinski definition) is 4. The molecule has 0 radical (unpaired) electrons. The van der Waals surface area contributed by atoms with Crippen molar-refractivity contribution in [3.63, 3.8) is 0 Å². The van der Waals surface area contributed by atoms with Crippen molar-refractivity contribution in [2.45, 2.75) is 33.1 Å². The average molecular weight is 314 g/mol. The molecule has 5 nitrogen and oxygen atoms in total. The van der Waals surface area contributed by atoms with Gasteiger partial charge in [0.1, 0.15) is 17.2 Å². The summed E-state index contributed by atoms with van der Waals surface area (Å²) in [6.45, 7) is 5.94. The second kappa shape index (κ2) is 8.17. The maximum atomic E-state index is 11.9. The van der Waals surface area contributed by atoms with E-state index < -0.39 is 0 Å². The normalized spacial score (nSPS) is 12.7. The van der Waals surface area contributed by atoms with Crippen molar-refractivity contribution in [3.8, 4) is 5.75 Å². The number of rotatable bonds is 7. The van der Waals surface area contributed by atoms with Gasteiger partial charge in [-0.05, 0) is 43.0 Å². The Morgan fingerprint density at radius 2 is 2.09 bits per heavy atom. The smallest absolute Gasteiger partial charge is 0.277 e. The first-order valence-electron chi connectivity index (χ1n) is 7.70. The van der Waals surface area contributed by atoms with E-state index in [1.54, 1.807) is 25.3 Å². The van der Waals surface area contributed by atoms with Gasteiger partial charge in [0.2, 0.25) is 0 Å². The van der Waals surface area contributed by atoms with Crippen LogP contribution in [-0.2, 0) is 4.79 Å². The third kappa shape index (κ3) is 4.71.